The van der Waals surface area contributed by atoms with E-state index in [9.17, 15) is 4.79 Å². The van der Waals surface area contributed by atoms with Crippen molar-refractivity contribution in [2.45, 2.75) is 13.8 Å². The Morgan fingerprint density at radius 3 is 2.52 bits per heavy atom. The van der Waals surface area contributed by atoms with Crippen LogP contribution in [0.2, 0.25) is 5.02 Å². The van der Waals surface area contributed by atoms with Crippen LogP contribution in [-0.2, 0) is 4.79 Å². The summed E-state index contributed by atoms with van der Waals surface area (Å²) in [5.41, 5.74) is 2.74. The van der Waals surface area contributed by atoms with Crippen LogP contribution >= 0.6 is 11.6 Å². The number of ether oxygens (including phenoxy) is 1. The van der Waals surface area contributed by atoms with Gasteiger partial charge in [0.05, 0.1) is 0 Å². The third-order valence-electron chi connectivity index (χ3n) is 3.01. The van der Waals surface area contributed by atoms with Gasteiger partial charge in [-0.2, -0.15) is 0 Å². The second-order valence-corrected chi connectivity index (χ2v) is 5.14. The maximum absolute atomic E-state index is 10.5. The molecule has 0 spiro atoms. The highest BCUT2D eigenvalue weighted by Gasteiger charge is 2.04. The van der Waals surface area contributed by atoms with E-state index in [2.05, 4.69) is 0 Å². The van der Waals surface area contributed by atoms with Crippen LogP contribution in [0.4, 0.5) is 0 Å². The van der Waals surface area contributed by atoms with E-state index in [1.165, 1.54) is 0 Å². The molecule has 0 saturated carbocycles. The Balaban J connectivity index is 2.22. The topological polar surface area (TPSA) is 46.5 Å². The third-order valence-corrected chi connectivity index (χ3v) is 3.25. The molecule has 2 rings (SSSR count). The third kappa shape index (κ3) is 4.10. The van der Waals surface area contributed by atoms with E-state index in [4.69, 9.17) is 21.4 Å². The molecule has 2 aromatic carbocycles. The zero-order valence-corrected chi connectivity index (χ0v) is 12.5. The summed E-state index contributed by atoms with van der Waals surface area (Å²) in [6.07, 6.45) is 2.68. The summed E-state index contributed by atoms with van der Waals surface area (Å²) in [6, 6.07) is 11.0. The first-order valence-electron chi connectivity index (χ1n) is 6.41. The summed E-state index contributed by atoms with van der Waals surface area (Å²) in [7, 11) is 0. The van der Waals surface area contributed by atoms with Gasteiger partial charge in [0.1, 0.15) is 11.5 Å². The minimum atomic E-state index is -0.966. The van der Waals surface area contributed by atoms with Gasteiger partial charge in [-0.25, -0.2) is 4.79 Å². The zero-order valence-electron chi connectivity index (χ0n) is 11.8. The zero-order chi connectivity index (χ0) is 15.4. The van der Waals surface area contributed by atoms with Gasteiger partial charge in [-0.05, 0) is 66.9 Å². The molecular formula is C17H15ClO3. The molecule has 2 aromatic rings. The Kier molecular flexibility index (Phi) is 4.66. The van der Waals surface area contributed by atoms with Gasteiger partial charge >= 0.3 is 5.97 Å². The highest BCUT2D eigenvalue weighted by Crippen LogP contribution is 2.28. The molecule has 3 nitrogen and oxygen atoms in total. The Bertz CT molecular complexity index is 705. The molecule has 0 radical (unpaired) electrons. The van der Waals surface area contributed by atoms with E-state index in [-0.39, 0.29) is 0 Å². The van der Waals surface area contributed by atoms with Crippen molar-refractivity contribution in [1.82, 2.24) is 0 Å². The Hall–Kier alpha value is -2.26. The van der Waals surface area contributed by atoms with Gasteiger partial charge in [-0.3, -0.25) is 0 Å². The molecule has 0 amide bonds. The number of carboxylic acids is 1. The Morgan fingerprint density at radius 2 is 1.90 bits per heavy atom. The molecule has 0 aromatic heterocycles. The molecule has 0 unspecified atom stereocenters. The molecular weight excluding hydrogens is 288 g/mol. The monoisotopic (exact) mass is 302 g/mol. The second-order valence-electron chi connectivity index (χ2n) is 4.70. The Morgan fingerprint density at radius 1 is 1.14 bits per heavy atom. The van der Waals surface area contributed by atoms with Crippen molar-refractivity contribution >= 4 is 23.6 Å². The van der Waals surface area contributed by atoms with Crippen molar-refractivity contribution in [2.24, 2.45) is 0 Å². The van der Waals surface area contributed by atoms with E-state index in [0.717, 1.165) is 28.5 Å². The van der Waals surface area contributed by atoms with Gasteiger partial charge in [0.2, 0.25) is 0 Å². The van der Waals surface area contributed by atoms with Crippen molar-refractivity contribution in [3.63, 3.8) is 0 Å². The van der Waals surface area contributed by atoms with Crippen LogP contribution in [0.15, 0.2) is 42.5 Å². The SMILES string of the molecule is Cc1cc(Oc2ccc(Cl)cc2C)ccc1C=CC(=O)O. The number of aliphatic carboxylic acids is 1. The van der Waals surface area contributed by atoms with Gasteiger partial charge in [0.25, 0.3) is 0 Å². The van der Waals surface area contributed by atoms with Crippen LogP contribution < -0.4 is 4.74 Å². The molecule has 0 aliphatic heterocycles. The van der Waals surface area contributed by atoms with Gasteiger partial charge in [-0.1, -0.05) is 17.7 Å². The first kappa shape index (κ1) is 15.1. The number of hydrogen-bond donors (Lipinski definition) is 1. The lowest BCUT2D eigenvalue weighted by molar-refractivity contribution is -0.131. The van der Waals surface area contributed by atoms with Crippen LogP contribution in [0.25, 0.3) is 6.08 Å². The number of halogens is 1. The first-order valence-corrected chi connectivity index (χ1v) is 6.79. The maximum Gasteiger partial charge on any atom is 0.328 e. The number of rotatable bonds is 4. The predicted octanol–water partition coefficient (Wildman–Crippen LogP) is 4.85. The van der Waals surface area contributed by atoms with Crippen LogP contribution in [0.1, 0.15) is 16.7 Å². The van der Waals surface area contributed by atoms with E-state index in [1.807, 2.05) is 44.2 Å². The normalized spacial score (nSPS) is 10.8. The van der Waals surface area contributed by atoms with Crippen molar-refractivity contribution in [2.75, 3.05) is 0 Å². The molecule has 0 atom stereocenters. The summed E-state index contributed by atoms with van der Waals surface area (Å²) in [5, 5.41) is 9.32. The van der Waals surface area contributed by atoms with Crippen LogP contribution in [0.5, 0.6) is 11.5 Å². The number of carbonyl (C=O) groups is 1. The van der Waals surface area contributed by atoms with E-state index in [1.54, 1.807) is 12.1 Å². The van der Waals surface area contributed by atoms with Gasteiger partial charge in [0.15, 0.2) is 0 Å². The molecule has 0 heterocycles. The summed E-state index contributed by atoms with van der Waals surface area (Å²) < 4.78 is 5.83. The highest BCUT2D eigenvalue weighted by molar-refractivity contribution is 6.30. The van der Waals surface area contributed by atoms with Crippen molar-refractivity contribution in [3.05, 3.63) is 64.2 Å². The van der Waals surface area contributed by atoms with Crippen molar-refractivity contribution in [3.8, 4) is 11.5 Å². The first-order chi connectivity index (χ1) is 9.95. The minimum Gasteiger partial charge on any atom is -0.478 e. The molecule has 0 bridgehead atoms. The average molecular weight is 303 g/mol. The van der Waals surface area contributed by atoms with E-state index in [0.29, 0.717) is 10.8 Å². The fourth-order valence-corrected chi connectivity index (χ4v) is 2.14. The number of carboxylic acid groups (broad SMARTS) is 1. The Labute approximate surface area is 128 Å². The van der Waals surface area contributed by atoms with Crippen LogP contribution in [0.3, 0.4) is 0 Å². The molecule has 0 aliphatic carbocycles. The second kappa shape index (κ2) is 6.46. The quantitative estimate of drug-likeness (QED) is 0.821. The van der Waals surface area contributed by atoms with E-state index < -0.39 is 5.97 Å². The lowest BCUT2D eigenvalue weighted by Gasteiger charge is -2.10. The highest BCUT2D eigenvalue weighted by atomic mass is 35.5. The molecule has 108 valence electrons. The minimum absolute atomic E-state index is 0.671. The lowest BCUT2D eigenvalue weighted by Crippen LogP contribution is -1.90. The lowest BCUT2D eigenvalue weighted by atomic mass is 10.1. The van der Waals surface area contributed by atoms with Gasteiger partial charge < -0.3 is 9.84 Å². The molecule has 21 heavy (non-hydrogen) atoms. The van der Waals surface area contributed by atoms with Crippen LogP contribution in [-0.4, -0.2) is 11.1 Å². The van der Waals surface area contributed by atoms with E-state index >= 15 is 0 Å². The molecule has 0 saturated heterocycles. The average Bonchev–Trinajstić information content (AvgIpc) is 2.41. The van der Waals surface area contributed by atoms with Gasteiger partial charge in [0, 0.05) is 11.1 Å². The largest absolute Gasteiger partial charge is 0.478 e. The molecule has 4 heteroatoms. The smallest absolute Gasteiger partial charge is 0.328 e. The maximum atomic E-state index is 10.5. The van der Waals surface area contributed by atoms with Crippen LogP contribution in [0, 0.1) is 13.8 Å². The fourth-order valence-electron chi connectivity index (χ4n) is 1.91. The summed E-state index contributed by atoms with van der Waals surface area (Å²) in [4.78, 5) is 10.5. The molecule has 1 N–H and O–H groups in total. The van der Waals surface area contributed by atoms with Crippen molar-refractivity contribution < 1.29 is 14.6 Å². The summed E-state index contributed by atoms with van der Waals surface area (Å²) in [6.45, 7) is 3.83. The van der Waals surface area contributed by atoms with Gasteiger partial charge in [-0.15, -0.1) is 0 Å². The number of aryl methyl sites for hydroxylation is 2. The predicted molar refractivity (Wildman–Crippen MR) is 84.1 cm³/mol. The number of benzene rings is 2. The fraction of sp³-hybridized carbons (Fsp3) is 0.118. The standard InChI is InChI=1S/C17H15ClO3/c1-11-10-15(6-3-13(11)4-8-17(19)20)21-16-7-5-14(18)9-12(16)2/h3-10H,1-2H3,(H,19,20). The molecule has 0 fully saturated rings. The molecule has 0 aliphatic rings. The summed E-state index contributed by atoms with van der Waals surface area (Å²) >= 11 is 5.92. The van der Waals surface area contributed by atoms with Crippen molar-refractivity contribution in [1.29, 1.82) is 0 Å². The number of hydrogen-bond acceptors (Lipinski definition) is 2. The summed E-state index contributed by atoms with van der Waals surface area (Å²) in [5.74, 6) is 0.476.